The lowest BCUT2D eigenvalue weighted by Gasteiger charge is -2.07. The zero-order chi connectivity index (χ0) is 18.6. The first-order valence-corrected chi connectivity index (χ1v) is 10.1. The normalized spacial score (nSPS) is 15.4. The molecular formula is C20H21N3O3S. The number of carbonyl (C=O) groups excluding carboxylic acids is 1. The highest BCUT2D eigenvalue weighted by atomic mass is 32.1. The summed E-state index contributed by atoms with van der Waals surface area (Å²) in [4.78, 5) is 22.9. The second-order valence-corrected chi connectivity index (χ2v) is 7.86. The molecule has 6 nitrogen and oxygen atoms in total. The summed E-state index contributed by atoms with van der Waals surface area (Å²) in [5, 5.41) is 3.95. The van der Waals surface area contributed by atoms with E-state index in [9.17, 15) is 4.79 Å². The van der Waals surface area contributed by atoms with Gasteiger partial charge in [-0.25, -0.2) is 4.79 Å². The summed E-state index contributed by atoms with van der Waals surface area (Å²) in [7, 11) is 0. The van der Waals surface area contributed by atoms with Crippen LogP contribution in [0.2, 0.25) is 0 Å². The molecule has 3 aromatic rings. The monoisotopic (exact) mass is 383 g/mol. The lowest BCUT2D eigenvalue weighted by Crippen LogP contribution is -2.08. The number of hydrogen-bond acceptors (Lipinski definition) is 7. The highest BCUT2D eigenvalue weighted by Gasteiger charge is 2.23. The molecule has 0 aliphatic heterocycles. The van der Waals surface area contributed by atoms with Crippen LogP contribution in [0.3, 0.4) is 0 Å². The number of aromatic nitrogens is 3. The van der Waals surface area contributed by atoms with Crippen molar-refractivity contribution in [3.8, 4) is 11.4 Å². The number of nitrogens with zero attached hydrogens (tertiary/aromatic N) is 3. The average molecular weight is 383 g/mol. The smallest absolute Gasteiger partial charge is 0.349 e. The summed E-state index contributed by atoms with van der Waals surface area (Å²) >= 11 is 1.56. The average Bonchev–Trinajstić information content (AvgIpc) is 3.30. The van der Waals surface area contributed by atoms with Crippen molar-refractivity contribution >= 4 is 17.3 Å². The van der Waals surface area contributed by atoms with Crippen molar-refractivity contribution in [3.05, 3.63) is 51.8 Å². The van der Waals surface area contributed by atoms with Crippen molar-refractivity contribution in [2.75, 3.05) is 0 Å². The number of ether oxygens (including phenoxy) is 1. The number of carbonyl (C=O) groups is 1. The van der Waals surface area contributed by atoms with Crippen molar-refractivity contribution < 1.29 is 14.1 Å². The summed E-state index contributed by atoms with van der Waals surface area (Å²) < 4.78 is 10.8. The van der Waals surface area contributed by atoms with Gasteiger partial charge < -0.3 is 9.26 Å². The molecular weight excluding hydrogens is 362 g/mol. The molecule has 1 aliphatic rings. The Kier molecular flexibility index (Phi) is 5.29. The molecule has 27 heavy (non-hydrogen) atoms. The maximum atomic E-state index is 12.6. The maximum absolute atomic E-state index is 12.6. The lowest BCUT2D eigenvalue weighted by atomic mass is 10.00. The molecule has 3 heterocycles. The Hall–Kier alpha value is -2.54. The number of thiophene rings is 1. The zero-order valence-corrected chi connectivity index (χ0v) is 16.0. The van der Waals surface area contributed by atoms with Crippen molar-refractivity contribution in [2.24, 2.45) is 0 Å². The maximum Gasteiger partial charge on any atom is 0.349 e. The molecule has 3 aromatic heterocycles. The minimum atomic E-state index is -0.611. The first kappa shape index (κ1) is 17.9. The van der Waals surface area contributed by atoms with E-state index in [0.29, 0.717) is 10.7 Å². The minimum absolute atomic E-state index is 0.275. The van der Waals surface area contributed by atoms with Crippen molar-refractivity contribution in [1.29, 1.82) is 0 Å². The fourth-order valence-corrected chi connectivity index (χ4v) is 4.36. The molecule has 0 saturated heterocycles. The first-order chi connectivity index (χ1) is 13.2. The Balaban J connectivity index is 1.45. The highest BCUT2D eigenvalue weighted by molar-refractivity contribution is 7.14. The van der Waals surface area contributed by atoms with Crippen LogP contribution in [0.5, 0.6) is 0 Å². The molecule has 4 rings (SSSR count). The summed E-state index contributed by atoms with van der Waals surface area (Å²) in [5.41, 5.74) is 2.06. The van der Waals surface area contributed by atoms with Crippen LogP contribution in [-0.2, 0) is 17.6 Å². The molecule has 0 bridgehead atoms. The topological polar surface area (TPSA) is 78.1 Å². The molecule has 0 saturated carbocycles. The number of fused-ring (bicyclic) bond motifs is 1. The third kappa shape index (κ3) is 4.08. The Morgan fingerprint density at radius 1 is 1.26 bits per heavy atom. The Morgan fingerprint density at radius 3 is 2.93 bits per heavy atom. The van der Waals surface area contributed by atoms with Crippen molar-refractivity contribution in [2.45, 2.75) is 51.6 Å². The molecule has 1 atom stereocenters. The number of aryl methyl sites for hydroxylation is 2. The van der Waals surface area contributed by atoms with Gasteiger partial charge in [-0.05, 0) is 56.4 Å². The summed E-state index contributed by atoms with van der Waals surface area (Å²) in [6, 6.07) is 5.65. The van der Waals surface area contributed by atoms with Crippen LogP contribution in [-0.4, -0.2) is 21.1 Å². The van der Waals surface area contributed by atoms with Crippen LogP contribution >= 0.6 is 11.3 Å². The van der Waals surface area contributed by atoms with Crippen LogP contribution in [0, 0.1) is 0 Å². The van der Waals surface area contributed by atoms with Crippen LogP contribution in [0.1, 0.15) is 64.7 Å². The fraction of sp³-hybridized carbons (Fsp3) is 0.400. The number of pyridine rings is 1. The van der Waals surface area contributed by atoms with Crippen LogP contribution in [0.15, 0.2) is 35.1 Å². The van der Waals surface area contributed by atoms with E-state index in [-0.39, 0.29) is 11.9 Å². The standard InChI is InChI=1S/C20H21N3O3S/c1-13(19-22-18(23-26-19)15-8-6-10-21-12-15)25-20(24)17-11-14-7-4-2-3-5-9-16(14)27-17/h6,8,10-13H,2-5,7,9H2,1H3/t13-/m0/s1. The van der Waals surface area contributed by atoms with E-state index in [1.54, 1.807) is 36.7 Å². The van der Waals surface area contributed by atoms with E-state index in [0.717, 1.165) is 18.4 Å². The van der Waals surface area contributed by atoms with Gasteiger partial charge in [-0.1, -0.05) is 18.0 Å². The molecule has 0 fully saturated rings. The molecule has 1 aliphatic carbocycles. The van der Waals surface area contributed by atoms with E-state index in [4.69, 9.17) is 9.26 Å². The highest BCUT2D eigenvalue weighted by Crippen LogP contribution is 2.30. The largest absolute Gasteiger partial charge is 0.448 e. The third-order valence-corrected chi connectivity index (χ3v) is 5.91. The SMILES string of the molecule is C[C@H](OC(=O)c1cc2c(s1)CCCCCC2)c1nc(-c2cccnc2)no1. The van der Waals surface area contributed by atoms with E-state index in [2.05, 4.69) is 15.1 Å². The van der Waals surface area contributed by atoms with E-state index < -0.39 is 6.10 Å². The minimum Gasteiger partial charge on any atom is -0.448 e. The van der Waals surface area contributed by atoms with E-state index in [1.807, 2.05) is 12.1 Å². The Bertz CT molecular complexity index is 894. The first-order valence-electron chi connectivity index (χ1n) is 9.27. The molecule has 140 valence electrons. The van der Waals surface area contributed by atoms with Crippen LogP contribution < -0.4 is 0 Å². The molecule has 0 radical (unpaired) electrons. The van der Waals surface area contributed by atoms with Gasteiger partial charge in [-0.15, -0.1) is 11.3 Å². The van der Waals surface area contributed by atoms with Gasteiger partial charge in [0, 0.05) is 22.8 Å². The van der Waals surface area contributed by atoms with Gasteiger partial charge >= 0.3 is 5.97 Å². The molecule has 0 amide bonds. The Morgan fingerprint density at radius 2 is 2.11 bits per heavy atom. The predicted molar refractivity (Wildman–Crippen MR) is 102 cm³/mol. The molecule has 7 heteroatoms. The van der Waals surface area contributed by atoms with E-state index in [1.165, 1.54) is 36.1 Å². The van der Waals surface area contributed by atoms with Gasteiger partial charge in [0.1, 0.15) is 4.88 Å². The number of rotatable bonds is 4. The predicted octanol–water partition coefficient (Wildman–Crippen LogP) is 4.77. The summed E-state index contributed by atoms with van der Waals surface area (Å²) in [5.74, 6) is 0.373. The molecule has 0 spiro atoms. The zero-order valence-electron chi connectivity index (χ0n) is 15.2. The number of hydrogen-bond donors (Lipinski definition) is 0. The fourth-order valence-electron chi connectivity index (χ4n) is 3.23. The number of esters is 1. The third-order valence-electron chi connectivity index (χ3n) is 4.69. The van der Waals surface area contributed by atoms with Crippen LogP contribution in [0.25, 0.3) is 11.4 Å². The second kappa shape index (κ2) is 8.00. The van der Waals surface area contributed by atoms with Gasteiger partial charge in [-0.3, -0.25) is 4.98 Å². The van der Waals surface area contributed by atoms with Gasteiger partial charge in [0.2, 0.25) is 5.82 Å². The summed E-state index contributed by atoms with van der Waals surface area (Å²) in [6.45, 7) is 1.74. The van der Waals surface area contributed by atoms with Gasteiger partial charge in [0.05, 0.1) is 0 Å². The quantitative estimate of drug-likeness (QED) is 0.604. The van der Waals surface area contributed by atoms with Gasteiger partial charge in [-0.2, -0.15) is 4.98 Å². The van der Waals surface area contributed by atoms with Crippen molar-refractivity contribution in [1.82, 2.24) is 15.1 Å². The molecule has 0 N–H and O–H groups in total. The second-order valence-electron chi connectivity index (χ2n) is 6.72. The van der Waals surface area contributed by atoms with Crippen molar-refractivity contribution in [3.63, 3.8) is 0 Å². The van der Waals surface area contributed by atoms with Crippen LogP contribution in [0.4, 0.5) is 0 Å². The molecule has 0 aromatic carbocycles. The van der Waals surface area contributed by atoms with E-state index >= 15 is 0 Å². The Labute approximate surface area is 161 Å². The molecule has 0 unspecified atom stereocenters. The summed E-state index contributed by atoms with van der Waals surface area (Å²) in [6.07, 6.45) is 9.75. The van der Waals surface area contributed by atoms with Gasteiger partial charge in [0.25, 0.3) is 5.89 Å². The lowest BCUT2D eigenvalue weighted by molar-refractivity contribution is 0.0271. The van der Waals surface area contributed by atoms with Gasteiger partial charge in [0.15, 0.2) is 6.10 Å².